The van der Waals surface area contributed by atoms with Crippen LogP contribution in [-0.4, -0.2) is 29.7 Å². The summed E-state index contributed by atoms with van der Waals surface area (Å²) in [6.45, 7) is 0. The van der Waals surface area contributed by atoms with Gasteiger partial charge in [0.2, 0.25) is 5.78 Å². The van der Waals surface area contributed by atoms with Crippen LogP contribution in [0.1, 0.15) is 10.4 Å². The first-order valence-corrected chi connectivity index (χ1v) is 6.47. The van der Waals surface area contributed by atoms with E-state index in [1.54, 1.807) is 0 Å². The molecule has 2 rings (SSSR count). The number of carbonyl (C=O) groups is 1. The van der Waals surface area contributed by atoms with Gasteiger partial charge in [-0.2, -0.15) is 39.5 Å². The van der Waals surface area contributed by atoms with Crippen LogP contribution in [0.2, 0.25) is 0 Å². The number of hydrogen-bond acceptors (Lipinski definition) is 1. The molecule has 0 unspecified atom stereocenters. The monoisotopic (exact) mass is 374 g/mol. The number of alkyl halides is 9. The summed E-state index contributed by atoms with van der Waals surface area (Å²) in [5, 5.41) is 0.546. The molecule has 2 aromatic carbocycles. The van der Waals surface area contributed by atoms with Gasteiger partial charge in [-0.05, 0) is 16.8 Å². The lowest BCUT2D eigenvalue weighted by atomic mass is 9.94. The molecule has 10 heteroatoms. The van der Waals surface area contributed by atoms with Crippen molar-refractivity contribution >= 4 is 16.6 Å². The van der Waals surface area contributed by atoms with Gasteiger partial charge in [-0.1, -0.05) is 36.4 Å². The molecule has 0 spiro atoms. The highest BCUT2D eigenvalue weighted by Gasteiger charge is 2.83. The van der Waals surface area contributed by atoms with Crippen molar-refractivity contribution in [3.8, 4) is 0 Å². The van der Waals surface area contributed by atoms with E-state index in [1.165, 1.54) is 24.3 Å². The minimum atomic E-state index is -7.10. The summed E-state index contributed by atoms with van der Waals surface area (Å²) in [6.07, 6.45) is -6.97. The molecule has 25 heavy (non-hydrogen) atoms. The summed E-state index contributed by atoms with van der Waals surface area (Å²) in [5.41, 5.74) is -1.12. The molecule has 136 valence electrons. The van der Waals surface area contributed by atoms with Crippen molar-refractivity contribution in [1.82, 2.24) is 0 Å². The van der Waals surface area contributed by atoms with Gasteiger partial charge in [-0.25, -0.2) is 0 Å². The van der Waals surface area contributed by atoms with Crippen molar-refractivity contribution < 1.29 is 44.3 Å². The van der Waals surface area contributed by atoms with Gasteiger partial charge in [0.15, 0.2) is 0 Å². The number of Topliss-reactive ketones (excluding diaryl/α,β-unsaturated/α-hetero) is 1. The molecule has 0 aliphatic rings. The van der Waals surface area contributed by atoms with Crippen LogP contribution >= 0.6 is 0 Å². The molecule has 0 aromatic heterocycles. The third-order valence-corrected chi connectivity index (χ3v) is 3.44. The van der Waals surface area contributed by atoms with E-state index in [9.17, 15) is 44.3 Å². The number of rotatable bonds is 4. The van der Waals surface area contributed by atoms with Crippen LogP contribution in [0.3, 0.4) is 0 Å². The van der Waals surface area contributed by atoms with Gasteiger partial charge in [0.1, 0.15) is 0 Å². The minimum absolute atomic E-state index is 0.134. The Labute approximate surface area is 134 Å². The molecule has 0 bridgehead atoms. The lowest BCUT2D eigenvalue weighted by molar-refractivity contribution is -0.386. The molecule has 0 amide bonds. The zero-order chi connectivity index (χ0) is 19.3. The molecule has 2 aromatic rings. The Balaban J connectivity index is 2.51. The number of fused-ring (bicyclic) bond motifs is 1. The predicted molar refractivity (Wildman–Crippen MR) is 69.2 cm³/mol. The molecular formula is C15H7F9O. The normalized spacial score (nSPS) is 14.0. The van der Waals surface area contributed by atoms with Crippen LogP contribution in [-0.2, 0) is 0 Å². The van der Waals surface area contributed by atoms with Gasteiger partial charge in [0, 0.05) is 5.56 Å². The second kappa shape index (κ2) is 5.63. The Kier molecular flexibility index (Phi) is 4.30. The first kappa shape index (κ1) is 19.1. The zero-order valence-electron chi connectivity index (χ0n) is 11.9. The van der Waals surface area contributed by atoms with Crippen molar-refractivity contribution in [1.29, 1.82) is 0 Å². The maximum Gasteiger partial charge on any atom is 0.460 e. The van der Waals surface area contributed by atoms with E-state index in [0.29, 0.717) is 17.5 Å². The van der Waals surface area contributed by atoms with Gasteiger partial charge in [0.05, 0.1) is 0 Å². The van der Waals surface area contributed by atoms with Crippen LogP contribution in [0, 0.1) is 0 Å². The Hall–Kier alpha value is -2.26. The molecule has 1 nitrogen and oxygen atoms in total. The Morgan fingerprint density at radius 2 is 1.20 bits per heavy atom. The molecule has 0 saturated heterocycles. The van der Waals surface area contributed by atoms with E-state index in [2.05, 4.69) is 0 Å². The number of ketones is 1. The minimum Gasteiger partial charge on any atom is -0.287 e. The molecule has 0 fully saturated rings. The summed E-state index contributed by atoms with van der Waals surface area (Å²) in [6, 6.07) is 8.16. The standard InChI is InChI=1S/C15H7F9O/c16-12(17,13(18,19)14(20,21)15(22,23)24)11(25)10-6-5-8-3-1-2-4-9(8)7-10/h1-7H. The lowest BCUT2D eigenvalue weighted by Gasteiger charge is -2.32. The fourth-order valence-electron chi connectivity index (χ4n) is 2.03. The van der Waals surface area contributed by atoms with E-state index in [4.69, 9.17) is 0 Å². The summed E-state index contributed by atoms with van der Waals surface area (Å²) in [5.74, 6) is -23.2. The third-order valence-electron chi connectivity index (χ3n) is 3.44. The van der Waals surface area contributed by atoms with Crippen LogP contribution in [0.25, 0.3) is 10.8 Å². The Bertz CT molecular complexity index is 808. The molecule has 0 radical (unpaired) electrons. The van der Waals surface area contributed by atoms with Crippen molar-refractivity contribution in [3.05, 3.63) is 48.0 Å². The average Bonchev–Trinajstić information content (AvgIpc) is 2.52. The van der Waals surface area contributed by atoms with E-state index in [1.807, 2.05) is 0 Å². The SMILES string of the molecule is O=C(c1ccc2ccccc2c1)C(F)(F)C(F)(F)C(F)(F)C(F)(F)F. The Morgan fingerprint density at radius 3 is 1.72 bits per heavy atom. The van der Waals surface area contributed by atoms with E-state index in [0.717, 1.165) is 6.07 Å². The van der Waals surface area contributed by atoms with E-state index >= 15 is 0 Å². The largest absolute Gasteiger partial charge is 0.460 e. The molecule has 0 heterocycles. The number of hydrogen-bond donors (Lipinski definition) is 0. The second-order valence-electron chi connectivity index (χ2n) is 5.11. The Morgan fingerprint density at radius 1 is 0.680 bits per heavy atom. The number of halogens is 9. The quantitative estimate of drug-likeness (QED) is 0.511. The maximum absolute atomic E-state index is 13.6. The topological polar surface area (TPSA) is 17.1 Å². The fourth-order valence-corrected chi connectivity index (χ4v) is 2.03. The number of benzene rings is 2. The van der Waals surface area contributed by atoms with E-state index in [-0.39, 0.29) is 5.39 Å². The zero-order valence-corrected chi connectivity index (χ0v) is 11.9. The van der Waals surface area contributed by atoms with Crippen molar-refractivity contribution in [3.63, 3.8) is 0 Å². The summed E-state index contributed by atoms with van der Waals surface area (Å²) < 4.78 is 116. The van der Waals surface area contributed by atoms with Gasteiger partial charge in [-0.15, -0.1) is 0 Å². The fraction of sp³-hybridized carbons (Fsp3) is 0.267. The van der Waals surface area contributed by atoms with Gasteiger partial charge in [-0.3, -0.25) is 4.79 Å². The smallest absolute Gasteiger partial charge is 0.287 e. The van der Waals surface area contributed by atoms with E-state index < -0.39 is 35.3 Å². The van der Waals surface area contributed by atoms with Crippen LogP contribution < -0.4 is 0 Å². The average molecular weight is 374 g/mol. The molecule has 0 aliphatic carbocycles. The van der Waals surface area contributed by atoms with Crippen molar-refractivity contribution in [2.75, 3.05) is 0 Å². The summed E-state index contributed by atoms with van der Waals surface area (Å²) in [7, 11) is 0. The summed E-state index contributed by atoms with van der Waals surface area (Å²) >= 11 is 0. The first-order chi connectivity index (χ1) is 11.2. The molecule has 0 aliphatic heterocycles. The second-order valence-corrected chi connectivity index (χ2v) is 5.11. The number of carbonyl (C=O) groups excluding carboxylic acids is 1. The highest BCUT2D eigenvalue weighted by molar-refractivity contribution is 6.04. The predicted octanol–water partition coefficient (Wildman–Crippen LogP) is 5.49. The molecular weight excluding hydrogens is 367 g/mol. The van der Waals surface area contributed by atoms with Gasteiger partial charge >= 0.3 is 23.9 Å². The van der Waals surface area contributed by atoms with Gasteiger partial charge < -0.3 is 0 Å². The van der Waals surface area contributed by atoms with Gasteiger partial charge in [0.25, 0.3) is 0 Å². The van der Waals surface area contributed by atoms with Crippen LogP contribution in [0.15, 0.2) is 42.5 Å². The highest BCUT2D eigenvalue weighted by atomic mass is 19.4. The van der Waals surface area contributed by atoms with Crippen LogP contribution in [0.5, 0.6) is 0 Å². The molecule has 0 N–H and O–H groups in total. The lowest BCUT2D eigenvalue weighted by Crippen LogP contribution is -2.63. The first-order valence-electron chi connectivity index (χ1n) is 6.47. The maximum atomic E-state index is 13.6. The van der Waals surface area contributed by atoms with Crippen LogP contribution in [0.4, 0.5) is 39.5 Å². The van der Waals surface area contributed by atoms with Crippen molar-refractivity contribution in [2.45, 2.75) is 23.9 Å². The third kappa shape index (κ3) is 2.83. The van der Waals surface area contributed by atoms with Crippen molar-refractivity contribution in [2.24, 2.45) is 0 Å². The molecule has 0 saturated carbocycles. The highest BCUT2D eigenvalue weighted by Crippen LogP contribution is 2.53. The summed E-state index contributed by atoms with van der Waals surface area (Å²) in [4.78, 5) is 11.6. The molecule has 0 atom stereocenters.